The van der Waals surface area contributed by atoms with E-state index in [9.17, 15) is 19.5 Å². The van der Waals surface area contributed by atoms with Gasteiger partial charge in [-0.15, -0.1) is 0 Å². The van der Waals surface area contributed by atoms with Gasteiger partial charge >= 0.3 is 0 Å². The molecule has 3 amide bonds. The maximum Gasteiger partial charge on any atom is 0.264 e. The van der Waals surface area contributed by atoms with Crippen LogP contribution in [0.1, 0.15) is 40.4 Å². The van der Waals surface area contributed by atoms with Crippen molar-refractivity contribution in [3.8, 4) is 5.75 Å². The lowest BCUT2D eigenvalue weighted by atomic mass is 9.82. The second-order valence-corrected chi connectivity index (χ2v) is 17.6. The number of aliphatic hydroxyl groups is 1. The molecule has 2 heterocycles. The van der Waals surface area contributed by atoms with E-state index in [1.54, 1.807) is 72.5 Å². The normalized spacial score (nSPS) is 21.1. The third-order valence-electron chi connectivity index (χ3n) is 10.1. The van der Waals surface area contributed by atoms with Crippen molar-refractivity contribution in [2.45, 2.75) is 56.8 Å². The lowest BCUT2D eigenvalue weighted by Gasteiger charge is -2.31. The zero-order chi connectivity index (χ0) is 36.3. The van der Waals surface area contributed by atoms with Gasteiger partial charge in [0.15, 0.2) is 5.60 Å². The number of carbonyl (C=O) groups excluding carboxylic acids is 3. The molecular weight excluding hydrogens is 666 g/mol. The molecule has 6 rings (SSSR count). The summed E-state index contributed by atoms with van der Waals surface area (Å²) in [4.78, 5) is 45.3. The molecule has 0 unspecified atom stereocenters. The first-order valence-corrected chi connectivity index (χ1v) is 20.2. The van der Waals surface area contributed by atoms with Crippen LogP contribution in [0.3, 0.4) is 0 Å². The van der Waals surface area contributed by atoms with E-state index in [4.69, 9.17) is 9.47 Å². The summed E-state index contributed by atoms with van der Waals surface area (Å²) < 4.78 is 28.6. The van der Waals surface area contributed by atoms with Crippen LogP contribution in [0.25, 0.3) is 0 Å². The summed E-state index contributed by atoms with van der Waals surface area (Å²) in [7, 11) is -2.02. The van der Waals surface area contributed by atoms with Gasteiger partial charge in [-0.2, -0.15) is 0 Å². The Balaban J connectivity index is 1.37. The minimum Gasteiger partial charge on any atom is -0.497 e. The predicted octanol–water partition coefficient (Wildman–Crippen LogP) is 6.68. The second-order valence-electron chi connectivity index (χ2n) is 13.8. The molecule has 4 aromatic carbocycles. The summed E-state index contributed by atoms with van der Waals surface area (Å²) in [6.07, 6.45) is -1.05. The van der Waals surface area contributed by atoms with Crippen LogP contribution in [0, 0.1) is 5.92 Å². The van der Waals surface area contributed by atoms with Crippen LogP contribution in [-0.2, 0) is 33.0 Å². The fourth-order valence-electron chi connectivity index (χ4n) is 7.71. The van der Waals surface area contributed by atoms with Gasteiger partial charge < -0.3 is 33.8 Å². The Morgan fingerprint density at radius 3 is 2.24 bits per heavy atom. The number of fused-ring (bicyclic) bond motifs is 2. The van der Waals surface area contributed by atoms with Gasteiger partial charge in [-0.25, -0.2) is 0 Å². The molecule has 4 atom stereocenters. The molecule has 266 valence electrons. The first-order chi connectivity index (χ1) is 24.5. The van der Waals surface area contributed by atoms with Crippen LogP contribution < -0.4 is 15.0 Å². The second kappa shape index (κ2) is 14.8. The molecule has 4 aromatic rings. The average Bonchev–Trinajstić information content (AvgIpc) is 3.54. The van der Waals surface area contributed by atoms with Gasteiger partial charge in [0.2, 0.25) is 14.3 Å². The molecule has 11 heteroatoms. The molecule has 2 N–H and O–H groups in total. The number of rotatable bonds is 12. The Labute approximate surface area is 299 Å². The molecule has 1 spiro atoms. The monoisotopic (exact) mass is 709 g/mol. The van der Waals surface area contributed by atoms with Gasteiger partial charge in [0.25, 0.3) is 11.8 Å². The number of methoxy groups -OCH3 is 1. The summed E-state index contributed by atoms with van der Waals surface area (Å²) in [5.74, 6) is -0.989. The number of carbonyl (C=O) groups is 3. The molecule has 9 nitrogen and oxygen atoms in total. The zero-order valence-corrected chi connectivity index (χ0v) is 30.3. The SMILES string of the molecule is COc1ccc(C(=O)Nc2ccc3c(c2)[C@]2(O[C@@H](CC(=O)N(CCO)Cc4ccccc4)[C@H]([Si](C)(C)F)[C@H]2C)C(=O)N3Cc2ccccc2)cc1. The summed E-state index contributed by atoms with van der Waals surface area (Å²) in [6.45, 7) is 5.44. The number of halogens is 1. The van der Waals surface area contributed by atoms with E-state index in [1.807, 2.05) is 67.6 Å². The van der Waals surface area contributed by atoms with Crippen molar-refractivity contribution < 1.29 is 33.1 Å². The fraction of sp³-hybridized carbons (Fsp3) is 0.325. The number of nitrogens with zero attached hydrogens (tertiary/aromatic N) is 2. The van der Waals surface area contributed by atoms with Gasteiger partial charge in [-0.1, -0.05) is 67.6 Å². The number of hydrogen-bond donors (Lipinski definition) is 2. The highest BCUT2D eigenvalue weighted by Gasteiger charge is 2.67. The average molecular weight is 710 g/mol. The van der Waals surface area contributed by atoms with E-state index in [1.165, 1.54) is 0 Å². The molecule has 51 heavy (non-hydrogen) atoms. The summed E-state index contributed by atoms with van der Waals surface area (Å²) in [6, 6.07) is 31.1. The molecule has 1 fully saturated rings. The highest BCUT2D eigenvalue weighted by atomic mass is 28.4. The van der Waals surface area contributed by atoms with E-state index in [0.29, 0.717) is 28.3 Å². The van der Waals surface area contributed by atoms with Gasteiger partial charge in [-0.05, 0) is 66.7 Å². The zero-order valence-electron chi connectivity index (χ0n) is 29.3. The van der Waals surface area contributed by atoms with Crippen molar-refractivity contribution in [2.24, 2.45) is 5.92 Å². The van der Waals surface area contributed by atoms with Crippen LogP contribution in [0.15, 0.2) is 103 Å². The molecule has 0 aliphatic carbocycles. The topological polar surface area (TPSA) is 108 Å². The van der Waals surface area contributed by atoms with Crippen LogP contribution in [0.4, 0.5) is 15.5 Å². The Morgan fingerprint density at radius 1 is 0.980 bits per heavy atom. The van der Waals surface area contributed by atoms with Crippen molar-refractivity contribution in [3.63, 3.8) is 0 Å². The molecule has 0 radical (unpaired) electrons. The number of aliphatic hydroxyl groups excluding tert-OH is 1. The largest absolute Gasteiger partial charge is 0.497 e. The first-order valence-electron chi connectivity index (χ1n) is 17.2. The quantitative estimate of drug-likeness (QED) is 0.126. The van der Waals surface area contributed by atoms with Gasteiger partial charge in [0.1, 0.15) is 5.75 Å². The summed E-state index contributed by atoms with van der Waals surface area (Å²) in [5, 5.41) is 12.8. The molecule has 2 aliphatic heterocycles. The first kappa shape index (κ1) is 36.0. The minimum atomic E-state index is -3.57. The number of amides is 3. The fourth-order valence-corrected chi connectivity index (χ4v) is 10.2. The van der Waals surface area contributed by atoms with E-state index in [0.717, 1.165) is 11.1 Å². The van der Waals surface area contributed by atoms with E-state index >= 15 is 4.11 Å². The highest BCUT2D eigenvalue weighted by Crippen LogP contribution is 2.60. The van der Waals surface area contributed by atoms with E-state index in [-0.39, 0.29) is 50.4 Å². The number of nitrogens with one attached hydrogen (secondary N) is 1. The smallest absolute Gasteiger partial charge is 0.264 e. The molecule has 0 saturated carbocycles. The van der Waals surface area contributed by atoms with Crippen molar-refractivity contribution in [1.82, 2.24) is 4.90 Å². The van der Waals surface area contributed by atoms with E-state index < -0.39 is 31.6 Å². The Kier molecular flexibility index (Phi) is 10.4. The molecular formula is C40H44FN3O6Si. The predicted molar refractivity (Wildman–Crippen MR) is 197 cm³/mol. The molecule has 1 saturated heterocycles. The number of benzene rings is 4. The molecule has 0 aromatic heterocycles. The lowest BCUT2D eigenvalue weighted by Crippen LogP contribution is -2.45. The van der Waals surface area contributed by atoms with Gasteiger partial charge in [0, 0.05) is 41.4 Å². The van der Waals surface area contributed by atoms with Gasteiger partial charge in [-0.3, -0.25) is 14.4 Å². The van der Waals surface area contributed by atoms with Crippen LogP contribution >= 0.6 is 0 Å². The van der Waals surface area contributed by atoms with Crippen molar-refractivity contribution in [2.75, 3.05) is 30.5 Å². The van der Waals surface area contributed by atoms with Crippen molar-refractivity contribution in [3.05, 3.63) is 125 Å². The Morgan fingerprint density at radius 2 is 1.63 bits per heavy atom. The summed E-state index contributed by atoms with van der Waals surface area (Å²) in [5.41, 5.74) is 1.49. The third-order valence-corrected chi connectivity index (χ3v) is 12.5. The van der Waals surface area contributed by atoms with E-state index in [2.05, 4.69) is 5.32 Å². The molecule has 2 aliphatic rings. The maximum absolute atomic E-state index is 16.5. The molecule has 0 bridgehead atoms. The number of hydrogen-bond acceptors (Lipinski definition) is 6. The van der Waals surface area contributed by atoms with Crippen LogP contribution in [0.2, 0.25) is 18.6 Å². The maximum atomic E-state index is 16.5. The number of ether oxygens (including phenoxy) is 2. The van der Waals surface area contributed by atoms with Crippen molar-refractivity contribution in [1.29, 1.82) is 0 Å². The van der Waals surface area contributed by atoms with Crippen LogP contribution in [0.5, 0.6) is 5.75 Å². The highest BCUT2D eigenvalue weighted by molar-refractivity contribution is 6.72. The minimum absolute atomic E-state index is 0.103. The summed E-state index contributed by atoms with van der Waals surface area (Å²) >= 11 is 0. The number of anilines is 2. The Bertz CT molecular complexity index is 1870. The van der Waals surface area contributed by atoms with Crippen molar-refractivity contribution >= 4 is 37.5 Å². The standard InChI is InChI=1S/C40H44FN3O6Si/c1-27-37(51(3,4)41)35(24-36(46)43(21-22-45)25-28-11-7-5-8-12-28)50-40(27)33-23-31(42-38(47)30-15-18-32(49-2)19-16-30)17-20-34(33)44(39(40)48)26-29-13-9-6-10-14-29/h5-20,23,27,35,37,45H,21-22,24-26H2,1-4H3,(H,42,47)/t27-,35+,37-,40+/m1/s1. The third kappa shape index (κ3) is 7.19. The van der Waals surface area contributed by atoms with Gasteiger partial charge in [0.05, 0.1) is 38.5 Å². The lowest BCUT2D eigenvalue weighted by molar-refractivity contribution is -0.150. The van der Waals surface area contributed by atoms with Crippen LogP contribution in [-0.4, -0.2) is 62.5 Å². The Hall–Kier alpha value is -4.84.